The van der Waals surface area contributed by atoms with Gasteiger partial charge in [0.05, 0.1) is 18.3 Å². The van der Waals surface area contributed by atoms with E-state index >= 15 is 0 Å². The third kappa shape index (κ3) is 4.97. The average Bonchev–Trinajstić information content (AvgIpc) is 3.71. The molecule has 0 saturated carbocycles. The molecule has 3 aromatic heterocycles. The second-order valence-corrected chi connectivity index (χ2v) is 11.1. The zero-order chi connectivity index (χ0) is 30.4. The summed E-state index contributed by atoms with van der Waals surface area (Å²) < 4.78 is 39.4. The summed E-state index contributed by atoms with van der Waals surface area (Å²) in [5, 5.41) is 7.56. The lowest BCUT2D eigenvalue weighted by Crippen LogP contribution is -2.44. The number of rotatable bonds is 2. The van der Waals surface area contributed by atoms with Crippen LogP contribution in [0.25, 0.3) is 28.3 Å². The molecular weight excluding hydrogens is 570 g/mol. The summed E-state index contributed by atoms with van der Waals surface area (Å²) in [6, 6.07) is 10.3. The molecular formula is C31H30F2N8O3. The fourth-order valence-corrected chi connectivity index (χ4v) is 6.09. The third-order valence-corrected chi connectivity index (χ3v) is 8.21. The van der Waals surface area contributed by atoms with Crippen molar-refractivity contribution in [3.8, 4) is 28.5 Å². The van der Waals surface area contributed by atoms with E-state index < -0.39 is 17.7 Å². The van der Waals surface area contributed by atoms with E-state index in [1.165, 1.54) is 16.8 Å². The maximum atomic E-state index is 14.7. The van der Waals surface area contributed by atoms with Gasteiger partial charge in [-0.1, -0.05) is 12.1 Å². The second kappa shape index (κ2) is 11.2. The van der Waals surface area contributed by atoms with Gasteiger partial charge in [0.2, 0.25) is 5.91 Å². The number of nitrogens with one attached hydrogen (secondary N) is 1. The first kappa shape index (κ1) is 27.7. The van der Waals surface area contributed by atoms with Crippen LogP contribution >= 0.6 is 0 Å². The third-order valence-electron chi connectivity index (χ3n) is 8.21. The number of ether oxygens (including phenoxy) is 1. The van der Waals surface area contributed by atoms with Crippen molar-refractivity contribution in [3.05, 3.63) is 83.2 Å². The van der Waals surface area contributed by atoms with E-state index in [0.717, 1.165) is 30.9 Å². The highest BCUT2D eigenvalue weighted by Gasteiger charge is 2.40. The smallest absolute Gasteiger partial charge is 0.345 e. The van der Waals surface area contributed by atoms with Gasteiger partial charge in [-0.15, -0.1) is 5.10 Å². The molecule has 5 aromatic rings. The largest absolute Gasteiger partial charge is 0.488 e. The van der Waals surface area contributed by atoms with Gasteiger partial charge in [-0.2, -0.15) is 0 Å². The number of carbonyl (C=O) groups excluding carboxylic acids is 1. The van der Waals surface area contributed by atoms with Crippen LogP contribution in [0.1, 0.15) is 25.7 Å². The monoisotopic (exact) mass is 600 g/mol. The van der Waals surface area contributed by atoms with Crippen LogP contribution in [0.4, 0.5) is 14.6 Å². The Bertz CT molecular complexity index is 1930. The number of hydrogen-bond donors (Lipinski definition) is 1. The number of amides is 1. The number of hydrogen-bond acceptors (Lipinski definition) is 7. The minimum absolute atomic E-state index is 0.143. The molecule has 44 heavy (non-hydrogen) atoms. The molecule has 5 heterocycles. The molecule has 7 rings (SSSR count). The van der Waals surface area contributed by atoms with Gasteiger partial charge in [0, 0.05) is 50.6 Å². The molecule has 2 aliphatic rings. The number of benzene rings is 2. The normalized spacial score (nSPS) is 19.1. The summed E-state index contributed by atoms with van der Waals surface area (Å²) in [4.78, 5) is 37.3. The topological polar surface area (TPSA) is 112 Å². The number of anilines is 1. The molecule has 1 N–H and O–H groups in total. The van der Waals surface area contributed by atoms with Gasteiger partial charge in [-0.3, -0.25) is 13.8 Å². The van der Waals surface area contributed by atoms with Gasteiger partial charge < -0.3 is 15.0 Å². The summed E-state index contributed by atoms with van der Waals surface area (Å²) in [6.07, 6.45) is 7.18. The Balaban J connectivity index is 1.25. The van der Waals surface area contributed by atoms with Crippen molar-refractivity contribution in [1.82, 2.24) is 34.0 Å². The first-order chi connectivity index (χ1) is 21.4. The summed E-state index contributed by atoms with van der Waals surface area (Å²) in [5.74, 6) is 0.434. The van der Waals surface area contributed by atoms with E-state index in [4.69, 9.17) is 4.74 Å². The van der Waals surface area contributed by atoms with Crippen LogP contribution in [-0.2, 0) is 18.4 Å². The van der Waals surface area contributed by atoms with E-state index in [1.54, 1.807) is 34.6 Å². The van der Waals surface area contributed by atoms with Crippen LogP contribution in [0.2, 0.25) is 0 Å². The van der Waals surface area contributed by atoms with Crippen molar-refractivity contribution in [1.29, 1.82) is 0 Å². The number of aromatic nitrogens is 6. The zero-order valence-electron chi connectivity index (χ0n) is 24.0. The average molecular weight is 601 g/mol. The molecule has 2 aromatic carbocycles. The lowest BCUT2D eigenvalue weighted by atomic mass is 10.1. The molecule has 1 saturated heterocycles. The Labute approximate surface area is 250 Å². The predicted molar refractivity (Wildman–Crippen MR) is 158 cm³/mol. The van der Waals surface area contributed by atoms with Crippen LogP contribution in [-0.4, -0.2) is 59.9 Å². The van der Waals surface area contributed by atoms with Crippen molar-refractivity contribution >= 4 is 17.2 Å². The minimum Gasteiger partial charge on any atom is -0.488 e. The Morgan fingerprint density at radius 2 is 1.91 bits per heavy atom. The quantitative estimate of drug-likeness (QED) is 0.330. The van der Waals surface area contributed by atoms with E-state index in [-0.39, 0.29) is 23.3 Å². The van der Waals surface area contributed by atoms with Gasteiger partial charge >= 0.3 is 5.69 Å². The van der Waals surface area contributed by atoms with Gasteiger partial charge in [-0.05, 0) is 43.5 Å². The van der Waals surface area contributed by atoms with E-state index in [0.29, 0.717) is 54.8 Å². The molecule has 1 fully saturated rings. The van der Waals surface area contributed by atoms with Crippen molar-refractivity contribution in [2.75, 3.05) is 18.0 Å². The Kier molecular flexibility index (Phi) is 7.07. The molecule has 0 radical (unpaired) electrons. The molecule has 11 nitrogen and oxygen atoms in total. The Morgan fingerprint density at radius 1 is 1.02 bits per heavy atom. The summed E-state index contributed by atoms with van der Waals surface area (Å²) in [7, 11) is 1.64. The zero-order valence-corrected chi connectivity index (χ0v) is 24.0. The number of aryl methyl sites for hydroxylation is 1. The molecule has 4 bridgehead atoms. The highest BCUT2D eigenvalue weighted by atomic mass is 19.1. The maximum absolute atomic E-state index is 14.7. The van der Waals surface area contributed by atoms with Gasteiger partial charge in [0.25, 0.3) is 0 Å². The first-order valence-corrected chi connectivity index (χ1v) is 14.6. The fourth-order valence-electron chi connectivity index (χ4n) is 6.09. The van der Waals surface area contributed by atoms with Crippen molar-refractivity contribution in [2.24, 2.45) is 7.05 Å². The summed E-state index contributed by atoms with van der Waals surface area (Å²) >= 11 is 0. The maximum Gasteiger partial charge on any atom is 0.345 e. The molecule has 2 atom stereocenters. The predicted octanol–water partition coefficient (Wildman–Crippen LogP) is 3.56. The van der Waals surface area contributed by atoms with Crippen LogP contribution < -0.4 is 20.6 Å². The number of halogens is 2. The van der Waals surface area contributed by atoms with E-state index in [1.807, 2.05) is 29.2 Å². The van der Waals surface area contributed by atoms with Crippen LogP contribution in [0.3, 0.4) is 0 Å². The van der Waals surface area contributed by atoms with E-state index in [2.05, 4.69) is 20.4 Å². The van der Waals surface area contributed by atoms with Crippen LogP contribution in [0.5, 0.6) is 5.75 Å². The van der Waals surface area contributed by atoms with Gasteiger partial charge in [0.1, 0.15) is 40.9 Å². The first-order valence-electron chi connectivity index (χ1n) is 14.6. The van der Waals surface area contributed by atoms with Gasteiger partial charge in [-0.25, -0.2) is 28.2 Å². The summed E-state index contributed by atoms with van der Waals surface area (Å²) in [5.41, 5.74) is 1.31. The van der Waals surface area contributed by atoms with Crippen LogP contribution in [0, 0.1) is 11.6 Å². The lowest BCUT2D eigenvalue weighted by Gasteiger charge is -2.25. The molecule has 0 spiro atoms. The van der Waals surface area contributed by atoms with Crippen molar-refractivity contribution < 1.29 is 18.3 Å². The SMILES string of the molecule is Cn1nc2n(c1=O)CCCCCNC(=O)[C@@H]1C[C@@H](CN1c1nccn3c(-c4ccc(F)cc4F)ncc13)Oc1cccc-2c1. The number of imidazole rings is 1. The molecule has 0 unspecified atom stereocenters. The highest BCUT2D eigenvalue weighted by Crippen LogP contribution is 2.33. The molecule has 226 valence electrons. The van der Waals surface area contributed by atoms with E-state index in [9.17, 15) is 18.4 Å². The fraction of sp³-hybridized carbons (Fsp3) is 0.323. The van der Waals surface area contributed by atoms with Crippen LogP contribution in [0.15, 0.2) is 65.8 Å². The molecule has 2 aliphatic heterocycles. The Morgan fingerprint density at radius 3 is 2.77 bits per heavy atom. The minimum atomic E-state index is -0.725. The summed E-state index contributed by atoms with van der Waals surface area (Å²) in [6.45, 7) is 1.36. The molecule has 1 amide bonds. The van der Waals surface area contributed by atoms with Crippen molar-refractivity contribution in [3.63, 3.8) is 0 Å². The lowest BCUT2D eigenvalue weighted by molar-refractivity contribution is -0.122. The van der Waals surface area contributed by atoms with Crippen molar-refractivity contribution in [2.45, 2.75) is 44.4 Å². The second-order valence-electron chi connectivity index (χ2n) is 11.1. The van der Waals surface area contributed by atoms with Gasteiger partial charge in [0.15, 0.2) is 11.6 Å². The number of fused-ring (bicyclic) bond motifs is 7. The standard InChI is InChI=1S/C31H30F2N8O3/c1-38-31(43)40-12-4-2-3-10-35-30(42)25-16-22(44-21-7-5-6-19(14-21)27(40)37-38)18-41(25)29-26-17-36-28(39(26)13-11-34-29)23-9-8-20(32)15-24(23)33/h5-9,11,13-15,17,22,25H,2-4,10,12,16,18H2,1H3,(H,35,42)/t22-,25-/m0/s1. The molecule has 13 heteroatoms. The Hall–Kier alpha value is -5.07. The molecule has 0 aliphatic carbocycles. The highest BCUT2D eigenvalue weighted by molar-refractivity contribution is 5.88. The number of nitrogens with zero attached hydrogens (tertiary/aromatic N) is 7. The number of carbonyl (C=O) groups is 1.